The third-order valence-electron chi connectivity index (χ3n) is 2.47. The van der Waals surface area contributed by atoms with Gasteiger partial charge in [0, 0.05) is 18.4 Å². The molecule has 12 heavy (non-hydrogen) atoms. The summed E-state index contributed by atoms with van der Waals surface area (Å²) in [6.45, 7) is 2.75. The van der Waals surface area contributed by atoms with Crippen molar-refractivity contribution in [3.05, 3.63) is 0 Å². The summed E-state index contributed by atoms with van der Waals surface area (Å²) in [4.78, 5) is 21.6. The summed E-state index contributed by atoms with van der Waals surface area (Å²) in [5, 5.41) is 2.77. The molecule has 1 aliphatic rings. The van der Waals surface area contributed by atoms with Crippen molar-refractivity contribution in [2.45, 2.75) is 26.2 Å². The molecule has 2 atom stereocenters. The first-order valence-corrected chi connectivity index (χ1v) is 4.51. The minimum atomic E-state index is 0.0684. The maximum atomic E-state index is 11.1. The van der Waals surface area contributed by atoms with E-state index in [0.29, 0.717) is 0 Å². The zero-order valence-corrected chi connectivity index (χ0v) is 7.38. The molecule has 0 aromatic heterocycles. The minimum Gasteiger partial charge on any atom is -0.356 e. The summed E-state index contributed by atoms with van der Waals surface area (Å²) in [5.41, 5.74) is 0. The van der Waals surface area contributed by atoms with Gasteiger partial charge in [0.1, 0.15) is 6.29 Å². The van der Waals surface area contributed by atoms with Crippen LogP contribution in [0.15, 0.2) is 0 Å². The van der Waals surface area contributed by atoms with Crippen molar-refractivity contribution >= 4 is 12.2 Å². The zero-order valence-electron chi connectivity index (χ0n) is 7.38. The van der Waals surface area contributed by atoms with Gasteiger partial charge in [0.25, 0.3) is 0 Å². The molecule has 3 nitrogen and oxygen atoms in total. The second-order valence-electron chi connectivity index (χ2n) is 3.32. The van der Waals surface area contributed by atoms with Gasteiger partial charge in [-0.25, -0.2) is 0 Å². The fraction of sp³-hybridized carbons (Fsp3) is 0.778. The topological polar surface area (TPSA) is 46.2 Å². The number of carbonyl (C=O) groups excluding carboxylic acids is 2. The van der Waals surface area contributed by atoms with Crippen molar-refractivity contribution in [1.29, 1.82) is 0 Å². The van der Waals surface area contributed by atoms with E-state index in [1.165, 1.54) is 0 Å². The molecule has 0 saturated carbocycles. The lowest BCUT2D eigenvalue weighted by molar-refractivity contribution is -0.123. The van der Waals surface area contributed by atoms with Crippen molar-refractivity contribution in [3.63, 3.8) is 0 Å². The van der Waals surface area contributed by atoms with E-state index in [4.69, 9.17) is 0 Å². The Labute approximate surface area is 72.5 Å². The van der Waals surface area contributed by atoms with Crippen LogP contribution in [0.2, 0.25) is 0 Å². The highest BCUT2D eigenvalue weighted by Gasteiger charge is 2.26. The van der Waals surface area contributed by atoms with Crippen LogP contribution in [-0.4, -0.2) is 18.7 Å². The third-order valence-corrected chi connectivity index (χ3v) is 2.47. The Kier molecular flexibility index (Phi) is 3.26. The van der Waals surface area contributed by atoms with Gasteiger partial charge in [-0.1, -0.05) is 6.92 Å². The van der Waals surface area contributed by atoms with Gasteiger partial charge >= 0.3 is 0 Å². The highest BCUT2D eigenvalue weighted by molar-refractivity contribution is 5.80. The van der Waals surface area contributed by atoms with Crippen LogP contribution in [0.3, 0.4) is 0 Å². The lowest BCUT2D eigenvalue weighted by Crippen LogP contribution is -2.21. The van der Waals surface area contributed by atoms with Gasteiger partial charge in [-0.15, -0.1) is 0 Å². The lowest BCUT2D eigenvalue weighted by Gasteiger charge is -2.10. The van der Waals surface area contributed by atoms with Crippen LogP contribution in [0.25, 0.3) is 0 Å². The minimum absolute atomic E-state index is 0.0684. The molecule has 3 heteroatoms. The quantitative estimate of drug-likeness (QED) is 0.631. The zero-order chi connectivity index (χ0) is 8.97. The number of hydrogen-bond acceptors (Lipinski definition) is 2. The average molecular weight is 169 g/mol. The Morgan fingerprint density at radius 3 is 2.92 bits per heavy atom. The first-order valence-electron chi connectivity index (χ1n) is 4.51. The van der Waals surface area contributed by atoms with Crippen LogP contribution in [0.1, 0.15) is 26.2 Å². The fourth-order valence-electron chi connectivity index (χ4n) is 1.55. The van der Waals surface area contributed by atoms with Crippen molar-refractivity contribution < 1.29 is 9.59 Å². The van der Waals surface area contributed by atoms with Gasteiger partial charge in [-0.2, -0.15) is 0 Å². The number of rotatable bonds is 4. The molecular weight excluding hydrogens is 154 g/mol. The van der Waals surface area contributed by atoms with Gasteiger partial charge in [0.2, 0.25) is 5.91 Å². The van der Waals surface area contributed by atoms with Gasteiger partial charge in [0.05, 0.1) is 0 Å². The first-order chi connectivity index (χ1) is 5.77. The van der Waals surface area contributed by atoms with E-state index in [-0.39, 0.29) is 17.7 Å². The van der Waals surface area contributed by atoms with Crippen molar-refractivity contribution in [2.24, 2.45) is 11.8 Å². The van der Waals surface area contributed by atoms with Crippen LogP contribution in [-0.2, 0) is 9.59 Å². The van der Waals surface area contributed by atoms with Gasteiger partial charge in [-0.3, -0.25) is 4.79 Å². The van der Waals surface area contributed by atoms with Crippen LogP contribution < -0.4 is 5.32 Å². The number of carbonyl (C=O) groups is 2. The molecule has 0 unspecified atom stereocenters. The summed E-state index contributed by atoms with van der Waals surface area (Å²) in [6, 6.07) is 0. The molecule has 68 valence electrons. The largest absolute Gasteiger partial charge is 0.356 e. The molecule has 0 aromatic rings. The number of hydrogen-bond donors (Lipinski definition) is 1. The number of amides is 1. The van der Waals surface area contributed by atoms with Crippen molar-refractivity contribution in [3.8, 4) is 0 Å². The van der Waals surface area contributed by atoms with Crippen molar-refractivity contribution in [1.82, 2.24) is 5.32 Å². The molecule has 0 aliphatic carbocycles. The predicted octanol–water partition coefficient (Wildman–Crippen LogP) is 0.738. The number of aldehydes is 1. The van der Waals surface area contributed by atoms with Crippen LogP contribution in [0, 0.1) is 11.8 Å². The summed E-state index contributed by atoms with van der Waals surface area (Å²) in [7, 11) is 0. The van der Waals surface area contributed by atoms with E-state index in [9.17, 15) is 9.59 Å². The Bertz CT molecular complexity index is 179. The van der Waals surface area contributed by atoms with E-state index in [1.54, 1.807) is 0 Å². The Morgan fingerprint density at radius 1 is 1.75 bits per heavy atom. The summed E-state index contributed by atoms with van der Waals surface area (Å²) >= 11 is 0. The highest BCUT2D eigenvalue weighted by Crippen LogP contribution is 2.20. The van der Waals surface area contributed by atoms with Gasteiger partial charge in [-0.05, 0) is 19.3 Å². The Hall–Kier alpha value is -0.860. The highest BCUT2D eigenvalue weighted by atomic mass is 16.2. The van der Waals surface area contributed by atoms with Gasteiger partial charge in [0.15, 0.2) is 0 Å². The Morgan fingerprint density at radius 2 is 2.50 bits per heavy atom. The molecule has 0 aromatic carbocycles. The molecule has 1 heterocycles. The van der Waals surface area contributed by atoms with E-state index >= 15 is 0 Å². The lowest BCUT2D eigenvalue weighted by atomic mass is 9.93. The summed E-state index contributed by atoms with van der Waals surface area (Å²) in [5.74, 6) is 0.272. The monoisotopic (exact) mass is 169 g/mol. The molecule has 0 spiro atoms. The molecular formula is C9H15NO2. The van der Waals surface area contributed by atoms with E-state index in [2.05, 4.69) is 5.32 Å². The van der Waals surface area contributed by atoms with E-state index in [1.807, 2.05) is 6.92 Å². The van der Waals surface area contributed by atoms with E-state index in [0.717, 1.165) is 32.1 Å². The molecule has 1 aliphatic heterocycles. The maximum absolute atomic E-state index is 11.1. The molecule has 1 amide bonds. The fourth-order valence-corrected chi connectivity index (χ4v) is 1.55. The van der Waals surface area contributed by atoms with Crippen LogP contribution >= 0.6 is 0 Å². The molecule has 1 rings (SSSR count). The summed E-state index contributed by atoms with van der Waals surface area (Å²) in [6.07, 6.45) is 3.42. The van der Waals surface area contributed by atoms with Crippen LogP contribution in [0.4, 0.5) is 0 Å². The molecule has 0 bridgehead atoms. The van der Waals surface area contributed by atoms with Gasteiger partial charge < -0.3 is 10.1 Å². The molecule has 1 N–H and O–H groups in total. The maximum Gasteiger partial charge on any atom is 0.223 e. The normalized spacial score (nSPS) is 25.1. The van der Waals surface area contributed by atoms with Crippen LogP contribution in [0.5, 0.6) is 0 Å². The number of nitrogens with one attached hydrogen (secondary N) is 1. The second-order valence-corrected chi connectivity index (χ2v) is 3.32. The standard InChI is InChI=1S/C9H15NO2/c1-2-7(6-11)5-8-3-4-10-9(8)12/h6-8H,2-5H2,1H3,(H,10,12)/t7-,8-/m0/s1. The first kappa shape index (κ1) is 9.23. The van der Waals surface area contributed by atoms with E-state index < -0.39 is 0 Å². The summed E-state index contributed by atoms with van der Waals surface area (Å²) < 4.78 is 0. The van der Waals surface area contributed by atoms with Crippen molar-refractivity contribution in [2.75, 3.05) is 6.54 Å². The SMILES string of the molecule is CC[C@H](C=O)C[C@@H]1CCNC1=O. The average Bonchev–Trinajstić information content (AvgIpc) is 2.47. The predicted molar refractivity (Wildman–Crippen MR) is 45.6 cm³/mol. The molecule has 0 radical (unpaired) electrons. The second kappa shape index (κ2) is 4.24. The molecule has 1 saturated heterocycles. The molecule has 1 fully saturated rings. The smallest absolute Gasteiger partial charge is 0.223 e. The third kappa shape index (κ3) is 2.06. The Balaban J connectivity index is 2.38.